The predicted octanol–water partition coefficient (Wildman–Crippen LogP) is 13.1. The van der Waals surface area contributed by atoms with E-state index >= 15 is 0 Å². The molecule has 220 valence electrons. The van der Waals surface area contributed by atoms with Crippen LogP contribution >= 0.6 is 0 Å². The van der Waals surface area contributed by atoms with E-state index in [4.69, 9.17) is 0 Å². The van der Waals surface area contributed by atoms with Gasteiger partial charge in [-0.15, -0.1) is 0 Å². The van der Waals surface area contributed by atoms with E-state index in [0.29, 0.717) is 0 Å². The van der Waals surface area contributed by atoms with Crippen LogP contribution in [0.25, 0.3) is 65.3 Å². The second kappa shape index (κ2) is 11.3. The third-order valence-corrected chi connectivity index (χ3v) is 9.42. The van der Waals surface area contributed by atoms with Gasteiger partial charge in [-0.2, -0.15) is 0 Å². The van der Waals surface area contributed by atoms with Gasteiger partial charge in [-0.25, -0.2) is 0 Å². The standard InChI is InChI=1S/C46H31N/c1-2-13-33(14-3-1)40-18-10-11-21-46(40)47(38-28-22-32-12-4-5-16-36(32)30-38)37-26-23-35(24-27-37)44-31-45-39-17-7-6-15-34(39)25-29-43(45)41-19-8-9-20-42(41)44/h1-31H. The molecular formula is C46H31N. The summed E-state index contributed by atoms with van der Waals surface area (Å²) in [7, 11) is 0. The van der Waals surface area contributed by atoms with Gasteiger partial charge in [0.2, 0.25) is 0 Å². The van der Waals surface area contributed by atoms with E-state index in [9.17, 15) is 0 Å². The lowest BCUT2D eigenvalue weighted by atomic mass is 9.91. The highest BCUT2D eigenvalue weighted by atomic mass is 15.1. The molecule has 0 aliphatic heterocycles. The lowest BCUT2D eigenvalue weighted by Crippen LogP contribution is -2.11. The molecule has 0 unspecified atom stereocenters. The Morgan fingerprint density at radius 1 is 0.277 bits per heavy atom. The van der Waals surface area contributed by atoms with Gasteiger partial charge in [-0.3, -0.25) is 0 Å². The summed E-state index contributed by atoms with van der Waals surface area (Å²) in [6.07, 6.45) is 0. The highest BCUT2D eigenvalue weighted by Crippen LogP contribution is 2.43. The summed E-state index contributed by atoms with van der Waals surface area (Å²) in [6.45, 7) is 0. The van der Waals surface area contributed by atoms with Crippen LogP contribution in [0, 0.1) is 0 Å². The molecule has 47 heavy (non-hydrogen) atoms. The SMILES string of the molecule is c1ccc(-c2ccccc2N(c2ccc(-c3cc4c5ccccc5ccc4c4ccccc34)cc2)c2ccc3ccccc3c2)cc1. The molecule has 0 radical (unpaired) electrons. The fraction of sp³-hybridized carbons (Fsp3) is 0. The number of fused-ring (bicyclic) bond motifs is 6. The number of para-hydroxylation sites is 1. The van der Waals surface area contributed by atoms with Gasteiger partial charge in [0.15, 0.2) is 0 Å². The van der Waals surface area contributed by atoms with Crippen LogP contribution in [0.5, 0.6) is 0 Å². The molecule has 9 rings (SSSR count). The van der Waals surface area contributed by atoms with E-state index in [1.54, 1.807) is 0 Å². The predicted molar refractivity (Wildman–Crippen MR) is 202 cm³/mol. The summed E-state index contributed by atoms with van der Waals surface area (Å²) < 4.78 is 0. The van der Waals surface area contributed by atoms with Gasteiger partial charge in [0.25, 0.3) is 0 Å². The quantitative estimate of drug-likeness (QED) is 0.178. The zero-order chi connectivity index (χ0) is 31.2. The Balaban J connectivity index is 1.24. The smallest absolute Gasteiger partial charge is 0.0540 e. The van der Waals surface area contributed by atoms with Crippen molar-refractivity contribution >= 4 is 60.2 Å². The highest BCUT2D eigenvalue weighted by Gasteiger charge is 2.18. The molecule has 0 saturated carbocycles. The van der Waals surface area contributed by atoms with Crippen LogP contribution in [0.4, 0.5) is 17.1 Å². The zero-order valence-electron chi connectivity index (χ0n) is 25.8. The Labute approximate surface area is 274 Å². The molecule has 0 atom stereocenters. The number of anilines is 3. The fourth-order valence-electron chi connectivity index (χ4n) is 7.16. The van der Waals surface area contributed by atoms with Crippen LogP contribution in [0.3, 0.4) is 0 Å². The monoisotopic (exact) mass is 597 g/mol. The first-order valence-corrected chi connectivity index (χ1v) is 16.2. The van der Waals surface area contributed by atoms with Crippen LogP contribution < -0.4 is 4.90 Å². The Kier molecular flexibility index (Phi) is 6.54. The van der Waals surface area contributed by atoms with Crippen molar-refractivity contribution in [3.05, 3.63) is 188 Å². The molecule has 9 aromatic carbocycles. The summed E-state index contributed by atoms with van der Waals surface area (Å²) in [6, 6.07) is 68.3. The largest absolute Gasteiger partial charge is 0.310 e. The van der Waals surface area contributed by atoms with Crippen LogP contribution in [-0.4, -0.2) is 0 Å². The van der Waals surface area contributed by atoms with Crippen molar-refractivity contribution in [2.75, 3.05) is 4.90 Å². The average Bonchev–Trinajstić information content (AvgIpc) is 3.15. The minimum atomic E-state index is 1.11. The van der Waals surface area contributed by atoms with E-state index in [1.165, 1.54) is 65.3 Å². The van der Waals surface area contributed by atoms with E-state index in [2.05, 4.69) is 193 Å². The van der Waals surface area contributed by atoms with Gasteiger partial charge >= 0.3 is 0 Å². The molecule has 0 fully saturated rings. The normalized spacial score (nSPS) is 11.4. The minimum Gasteiger partial charge on any atom is -0.310 e. The third-order valence-electron chi connectivity index (χ3n) is 9.42. The van der Waals surface area contributed by atoms with E-state index in [0.717, 1.165) is 17.1 Å². The molecule has 0 amide bonds. The number of rotatable bonds is 5. The Hall–Kier alpha value is -6.18. The molecule has 0 aromatic heterocycles. The Morgan fingerprint density at radius 3 is 1.68 bits per heavy atom. The molecule has 0 aliphatic carbocycles. The van der Waals surface area contributed by atoms with Crippen molar-refractivity contribution < 1.29 is 0 Å². The molecule has 0 N–H and O–H groups in total. The Bertz CT molecular complexity index is 2560. The lowest BCUT2D eigenvalue weighted by Gasteiger charge is -2.28. The number of benzene rings is 9. The topological polar surface area (TPSA) is 3.24 Å². The maximum Gasteiger partial charge on any atom is 0.0540 e. The molecule has 1 heteroatoms. The Morgan fingerprint density at radius 2 is 0.851 bits per heavy atom. The zero-order valence-corrected chi connectivity index (χ0v) is 25.8. The molecule has 0 bridgehead atoms. The van der Waals surface area contributed by atoms with Crippen LogP contribution in [0.15, 0.2) is 188 Å². The van der Waals surface area contributed by atoms with Crippen molar-refractivity contribution in [1.82, 2.24) is 0 Å². The number of hydrogen-bond donors (Lipinski definition) is 0. The lowest BCUT2D eigenvalue weighted by molar-refractivity contribution is 1.29. The summed E-state index contributed by atoms with van der Waals surface area (Å²) in [4.78, 5) is 2.39. The van der Waals surface area contributed by atoms with Crippen LogP contribution in [0.1, 0.15) is 0 Å². The van der Waals surface area contributed by atoms with E-state index in [-0.39, 0.29) is 0 Å². The molecular weight excluding hydrogens is 567 g/mol. The van der Waals surface area contributed by atoms with Crippen molar-refractivity contribution in [3.8, 4) is 22.3 Å². The number of nitrogens with zero attached hydrogens (tertiary/aromatic N) is 1. The first-order chi connectivity index (χ1) is 23.3. The van der Waals surface area contributed by atoms with Crippen LogP contribution in [-0.2, 0) is 0 Å². The van der Waals surface area contributed by atoms with Gasteiger partial charge in [-0.1, -0.05) is 152 Å². The molecule has 0 saturated heterocycles. The van der Waals surface area contributed by atoms with Crippen LogP contribution in [0.2, 0.25) is 0 Å². The number of hydrogen-bond acceptors (Lipinski definition) is 1. The molecule has 0 aliphatic rings. The third kappa shape index (κ3) is 4.72. The van der Waals surface area contributed by atoms with E-state index < -0.39 is 0 Å². The van der Waals surface area contributed by atoms with E-state index in [1.807, 2.05) is 0 Å². The first kappa shape index (κ1) is 27.2. The average molecular weight is 598 g/mol. The second-order valence-corrected chi connectivity index (χ2v) is 12.1. The van der Waals surface area contributed by atoms with Crippen molar-refractivity contribution in [3.63, 3.8) is 0 Å². The summed E-state index contributed by atoms with van der Waals surface area (Å²) in [5, 5.41) is 10.1. The summed E-state index contributed by atoms with van der Waals surface area (Å²) >= 11 is 0. The van der Waals surface area contributed by atoms with Gasteiger partial charge < -0.3 is 4.90 Å². The first-order valence-electron chi connectivity index (χ1n) is 16.2. The van der Waals surface area contributed by atoms with Gasteiger partial charge in [-0.05, 0) is 96.2 Å². The summed E-state index contributed by atoms with van der Waals surface area (Å²) in [5.74, 6) is 0. The summed E-state index contributed by atoms with van der Waals surface area (Å²) in [5.41, 5.74) is 8.22. The fourth-order valence-corrected chi connectivity index (χ4v) is 7.16. The molecule has 9 aromatic rings. The molecule has 0 heterocycles. The molecule has 1 nitrogen and oxygen atoms in total. The second-order valence-electron chi connectivity index (χ2n) is 12.1. The molecule has 0 spiro atoms. The maximum atomic E-state index is 2.39. The van der Waals surface area contributed by atoms with Gasteiger partial charge in [0.1, 0.15) is 0 Å². The van der Waals surface area contributed by atoms with Gasteiger partial charge in [0.05, 0.1) is 5.69 Å². The highest BCUT2D eigenvalue weighted by molar-refractivity contribution is 6.21. The van der Waals surface area contributed by atoms with Crippen molar-refractivity contribution in [2.24, 2.45) is 0 Å². The van der Waals surface area contributed by atoms with Crippen molar-refractivity contribution in [2.45, 2.75) is 0 Å². The minimum absolute atomic E-state index is 1.11. The van der Waals surface area contributed by atoms with Gasteiger partial charge in [0, 0.05) is 16.9 Å². The maximum absolute atomic E-state index is 2.39. The van der Waals surface area contributed by atoms with Crippen molar-refractivity contribution in [1.29, 1.82) is 0 Å².